The quantitative estimate of drug-likeness (QED) is 0.143. The fourth-order valence-electron chi connectivity index (χ4n) is 8.69. The first-order chi connectivity index (χ1) is 30.7. The lowest BCUT2D eigenvalue weighted by Gasteiger charge is -2.15. The summed E-state index contributed by atoms with van der Waals surface area (Å²) in [5, 5.41) is 3.52. The number of nitrogens with zero attached hydrogens (tertiary/aromatic N) is 2. The molecule has 0 aliphatic rings. The molecule has 0 aliphatic heterocycles. The molecule has 0 saturated heterocycles. The number of fused-ring (bicyclic) bond motifs is 3. The number of hydrogen-bond acceptors (Lipinski definition) is 2. The second kappa shape index (κ2) is 16.1. The number of pyridine rings is 2. The monoisotopic (exact) mass is 788 g/mol. The van der Waals surface area contributed by atoms with E-state index < -0.39 is 0 Å². The summed E-state index contributed by atoms with van der Waals surface area (Å²) in [5.74, 6) is 0. The smallest absolute Gasteiger partial charge is 0.0722 e. The molecule has 11 rings (SSSR count). The van der Waals surface area contributed by atoms with Gasteiger partial charge in [0, 0.05) is 22.1 Å². The van der Waals surface area contributed by atoms with Crippen LogP contribution in [-0.4, -0.2) is 9.97 Å². The van der Waals surface area contributed by atoms with Crippen molar-refractivity contribution in [3.8, 4) is 89.4 Å². The first kappa shape index (κ1) is 36.8. The van der Waals surface area contributed by atoms with E-state index in [2.05, 4.69) is 243 Å². The van der Waals surface area contributed by atoms with Gasteiger partial charge in [0.25, 0.3) is 0 Å². The van der Waals surface area contributed by atoms with Gasteiger partial charge in [-0.05, 0) is 121 Å². The second-order valence-electron chi connectivity index (χ2n) is 15.8. The molecule has 0 unspecified atom stereocenters. The molecular formula is C60H40N2. The molecule has 0 aliphatic carbocycles. The maximum Gasteiger partial charge on any atom is 0.0722 e. The zero-order valence-electron chi connectivity index (χ0n) is 34.0. The number of rotatable bonds is 8. The highest BCUT2D eigenvalue weighted by atomic mass is 14.7. The van der Waals surface area contributed by atoms with Gasteiger partial charge in [-0.2, -0.15) is 0 Å². The minimum atomic E-state index is 0.926. The van der Waals surface area contributed by atoms with E-state index in [4.69, 9.17) is 9.97 Å². The van der Waals surface area contributed by atoms with Crippen molar-refractivity contribution >= 4 is 21.7 Å². The van der Waals surface area contributed by atoms with Crippen LogP contribution in [0.4, 0.5) is 0 Å². The number of benzene rings is 9. The van der Waals surface area contributed by atoms with Crippen LogP contribution in [0.3, 0.4) is 0 Å². The van der Waals surface area contributed by atoms with Crippen molar-refractivity contribution in [2.24, 2.45) is 0 Å². The van der Waals surface area contributed by atoms with Crippen molar-refractivity contribution in [1.82, 2.24) is 9.97 Å². The summed E-state index contributed by atoms with van der Waals surface area (Å²) in [7, 11) is 0. The van der Waals surface area contributed by atoms with Gasteiger partial charge in [0.05, 0.1) is 22.6 Å². The Hall–Kier alpha value is -8.20. The van der Waals surface area contributed by atoms with Gasteiger partial charge in [0.15, 0.2) is 0 Å². The van der Waals surface area contributed by atoms with E-state index in [9.17, 15) is 0 Å². The maximum atomic E-state index is 5.37. The number of hydrogen-bond donors (Lipinski definition) is 0. The molecule has 11 aromatic rings. The molecule has 0 atom stereocenters. The molecule has 0 fully saturated rings. The molecule has 0 N–H and O–H groups in total. The Morgan fingerprint density at radius 1 is 0.226 bits per heavy atom. The topological polar surface area (TPSA) is 25.8 Å². The predicted molar refractivity (Wildman–Crippen MR) is 261 cm³/mol. The van der Waals surface area contributed by atoms with Crippen LogP contribution in [0.25, 0.3) is 111 Å². The van der Waals surface area contributed by atoms with Gasteiger partial charge in [0.1, 0.15) is 0 Å². The molecule has 62 heavy (non-hydrogen) atoms. The lowest BCUT2D eigenvalue weighted by Crippen LogP contribution is -1.93. The van der Waals surface area contributed by atoms with Crippen molar-refractivity contribution in [2.75, 3.05) is 0 Å². The average molecular weight is 789 g/mol. The molecule has 290 valence electrons. The van der Waals surface area contributed by atoms with Crippen LogP contribution in [0.1, 0.15) is 0 Å². The van der Waals surface area contributed by atoms with E-state index in [1.54, 1.807) is 0 Å². The van der Waals surface area contributed by atoms with Crippen LogP contribution >= 0.6 is 0 Å². The Bertz CT molecular complexity index is 3310. The van der Waals surface area contributed by atoms with E-state index in [-0.39, 0.29) is 0 Å². The van der Waals surface area contributed by atoms with Crippen molar-refractivity contribution < 1.29 is 0 Å². The largest absolute Gasteiger partial charge is 0.248 e. The Kier molecular flexibility index (Phi) is 9.57. The predicted octanol–water partition coefficient (Wildman–Crippen LogP) is 16.1. The third-order valence-corrected chi connectivity index (χ3v) is 11.8. The van der Waals surface area contributed by atoms with Gasteiger partial charge in [-0.1, -0.05) is 188 Å². The molecule has 0 bridgehead atoms. The molecule has 0 spiro atoms. The summed E-state index contributed by atoms with van der Waals surface area (Å²) in [6, 6.07) is 86.6. The van der Waals surface area contributed by atoms with Crippen molar-refractivity contribution in [3.05, 3.63) is 243 Å². The first-order valence-electron chi connectivity index (χ1n) is 21.1. The Balaban J connectivity index is 1.06. The Morgan fingerprint density at radius 3 is 1.21 bits per heavy atom. The van der Waals surface area contributed by atoms with Gasteiger partial charge < -0.3 is 0 Å². The molecule has 2 nitrogen and oxygen atoms in total. The summed E-state index contributed by atoms with van der Waals surface area (Å²) >= 11 is 0. The van der Waals surface area contributed by atoms with Crippen molar-refractivity contribution in [3.63, 3.8) is 0 Å². The number of aromatic nitrogens is 2. The summed E-state index contributed by atoms with van der Waals surface area (Å²) < 4.78 is 0. The minimum Gasteiger partial charge on any atom is -0.248 e. The van der Waals surface area contributed by atoms with Gasteiger partial charge in [-0.25, -0.2) is 9.97 Å². The highest BCUT2D eigenvalue weighted by molar-refractivity contribution is 6.14. The highest BCUT2D eigenvalue weighted by Gasteiger charge is 2.16. The van der Waals surface area contributed by atoms with E-state index in [0.29, 0.717) is 0 Å². The summed E-state index contributed by atoms with van der Waals surface area (Å²) in [5.41, 5.74) is 18.6. The molecule has 0 amide bonds. The lowest BCUT2D eigenvalue weighted by molar-refractivity contribution is 1.32. The third-order valence-electron chi connectivity index (χ3n) is 11.8. The third kappa shape index (κ3) is 7.25. The first-order valence-corrected chi connectivity index (χ1v) is 21.1. The van der Waals surface area contributed by atoms with Gasteiger partial charge in [0.2, 0.25) is 0 Å². The van der Waals surface area contributed by atoms with Crippen LogP contribution in [0.5, 0.6) is 0 Å². The fourth-order valence-corrected chi connectivity index (χ4v) is 8.69. The molecule has 2 aromatic heterocycles. The average Bonchev–Trinajstić information content (AvgIpc) is 3.37. The highest BCUT2D eigenvalue weighted by Crippen LogP contribution is 2.40. The van der Waals surface area contributed by atoms with E-state index in [1.165, 1.54) is 33.0 Å². The van der Waals surface area contributed by atoms with E-state index in [1.807, 2.05) is 0 Å². The van der Waals surface area contributed by atoms with Crippen LogP contribution in [0.2, 0.25) is 0 Å². The lowest BCUT2D eigenvalue weighted by atomic mass is 9.91. The normalized spacial score (nSPS) is 11.2. The molecule has 0 radical (unpaired) electrons. The van der Waals surface area contributed by atoms with Gasteiger partial charge in [-0.3, -0.25) is 0 Å². The molecular weight excluding hydrogens is 749 g/mol. The van der Waals surface area contributed by atoms with E-state index >= 15 is 0 Å². The van der Waals surface area contributed by atoms with Crippen molar-refractivity contribution in [2.45, 2.75) is 0 Å². The minimum absolute atomic E-state index is 0.926. The summed E-state index contributed by atoms with van der Waals surface area (Å²) in [6.45, 7) is 0. The zero-order chi connectivity index (χ0) is 41.2. The van der Waals surface area contributed by atoms with Crippen LogP contribution in [0.15, 0.2) is 243 Å². The Morgan fingerprint density at radius 2 is 0.629 bits per heavy atom. The summed E-state index contributed by atoms with van der Waals surface area (Å²) in [4.78, 5) is 10.6. The van der Waals surface area contributed by atoms with Crippen LogP contribution < -0.4 is 0 Å². The maximum absolute atomic E-state index is 5.37. The van der Waals surface area contributed by atoms with Gasteiger partial charge in [-0.15, -0.1) is 0 Å². The van der Waals surface area contributed by atoms with Crippen molar-refractivity contribution in [1.29, 1.82) is 0 Å². The standard InChI is InChI=1S/C60H40N2/c1-6-17-41(18-7-1)50-34-51(42-19-8-2-9-20-42)36-53(35-50)58-39-52(38-57(62-58)45-23-12-4-13-24-45)48-28-16-27-47(33-48)49-30-29-44-31-32-56-60(54(44)37-49)55(43-21-10-3-11-22-43)40-59(61-56)46-25-14-5-15-26-46/h1-40H. The van der Waals surface area contributed by atoms with Gasteiger partial charge >= 0.3 is 0 Å². The van der Waals surface area contributed by atoms with E-state index in [0.717, 1.165) is 78.1 Å². The summed E-state index contributed by atoms with van der Waals surface area (Å²) in [6.07, 6.45) is 0. The molecule has 2 heterocycles. The van der Waals surface area contributed by atoms with Crippen LogP contribution in [0, 0.1) is 0 Å². The molecule has 2 heteroatoms. The SMILES string of the molecule is c1ccc(-c2cc(-c3ccccc3)cc(-c3cc(-c4cccc(-c5ccc6ccc7nc(-c8ccccc8)cc(-c8ccccc8)c7c6c5)c4)cc(-c4ccccc4)n3)c2)cc1. The fraction of sp³-hybridized carbons (Fsp3) is 0. The Labute approximate surface area is 362 Å². The molecule has 0 saturated carbocycles. The second-order valence-corrected chi connectivity index (χ2v) is 15.8. The molecule has 9 aromatic carbocycles. The zero-order valence-corrected chi connectivity index (χ0v) is 34.0. The van der Waals surface area contributed by atoms with Crippen LogP contribution in [-0.2, 0) is 0 Å².